The van der Waals surface area contributed by atoms with Crippen LogP contribution in [0.4, 0.5) is 5.69 Å². The fraction of sp³-hybridized carbons (Fsp3) is 0.500. The Morgan fingerprint density at radius 1 is 1.07 bits per heavy atom. The minimum absolute atomic E-state index is 0.188. The molecule has 0 radical (unpaired) electrons. The molecule has 1 aliphatic carbocycles. The van der Waals surface area contributed by atoms with Crippen LogP contribution < -0.4 is 5.32 Å². The van der Waals surface area contributed by atoms with Gasteiger partial charge in [-0.3, -0.25) is 4.90 Å². The minimum Gasteiger partial charge on any atom is -0.393 e. The Balaban J connectivity index is 1.42. The van der Waals surface area contributed by atoms with Gasteiger partial charge in [-0.15, -0.1) is 0 Å². The van der Waals surface area contributed by atoms with Gasteiger partial charge in [-0.2, -0.15) is 0 Å². The number of halogens is 1. The summed E-state index contributed by atoms with van der Waals surface area (Å²) >= 11 is 6.10. The van der Waals surface area contributed by atoms with Crippen molar-refractivity contribution in [2.24, 2.45) is 0 Å². The number of hydrogen-bond donors (Lipinski definition) is 2. The first-order valence-electron chi connectivity index (χ1n) is 10.4. The molecule has 158 valence electrons. The second-order valence-corrected chi connectivity index (χ2v) is 8.14. The molecule has 3 heterocycles. The van der Waals surface area contributed by atoms with Crippen LogP contribution in [0.2, 0.25) is 5.15 Å². The van der Waals surface area contributed by atoms with Gasteiger partial charge in [-0.1, -0.05) is 17.5 Å². The highest BCUT2D eigenvalue weighted by Crippen LogP contribution is 2.25. The van der Waals surface area contributed by atoms with Crippen molar-refractivity contribution >= 4 is 17.3 Å². The zero-order chi connectivity index (χ0) is 20.8. The van der Waals surface area contributed by atoms with Crippen molar-refractivity contribution in [3.05, 3.63) is 46.8 Å². The maximum Gasteiger partial charge on any atom is 0.205 e. The summed E-state index contributed by atoms with van der Waals surface area (Å²) in [7, 11) is 0. The van der Waals surface area contributed by atoms with Crippen LogP contribution in [-0.4, -0.2) is 63.4 Å². The average molecular weight is 428 g/mol. The van der Waals surface area contributed by atoms with Gasteiger partial charge in [0.15, 0.2) is 0 Å². The van der Waals surface area contributed by atoms with Gasteiger partial charge in [0.25, 0.3) is 0 Å². The Labute approximate surface area is 181 Å². The monoisotopic (exact) mass is 427 g/mol. The molecule has 0 spiro atoms. The van der Waals surface area contributed by atoms with Gasteiger partial charge in [0.2, 0.25) is 5.82 Å². The van der Waals surface area contributed by atoms with Crippen LogP contribution in [0.1, 0.15) is 42.6 Å². The van der Waals surface area contributed by atoms with E-state index < -0.39 is 0 Å². The Kier molecular flexibility index (Phi) is 7.13. The molecule has 1 saturated carbocycles. The third kappa shape index (κ3) is 5.89. The Bertz CT molecular complexity index is 898. The van der Waals surface area contributed by atoms with Gasteiger partial charge in [-0.25, -0.2) is 15.0 Å². The number of ether oxygens (including phenoxy) is 1. The van der Waals surface area contributed by atoms with Gasteiger partial charge in [-0.05, 0) is 37.7 Å². The number of pyridine rings is 1. The van der Waals surface area contributed by atoms with Crippen LogP contribution in [0.5, 0.6) is 0 Å². The summed E-state index contributed by atoms with van der Waals surface area (Å²) in [6.07, 6.45) is 8.60. The molecule has 8 heteroatoms. The predicted octanol–water partition coefficient (Wildman–Crippen LogP) is 2.47. The third-order valence-corrected chi connectivity index (χ3v) is 5.66. The minimum atomic E-state index is -0.188. The topological polar surface area (TPSA) is 83.4 Å². The molecule has 0 atom stereocenters. The number of aliphatic hydroxyl groups is 1. The standard InChI is InChI=1S/C22H26ClN5O2/c23-21-11-20(27-18-2-4-19(29)5-3-18)17(14-24-21)1-6-22-25-12-16(13-26-22)15-28-7-9-30-10-8-28/h11-14,18-19,29H,2-5,7-10,15H2,(H,24,27). The van der Waals surface area contributed by atoms with Crippen molar-refractivity contribution in [2.45, 2.75) is 44.4 Å². The van der Waals surface area contributed by atoms with E-state index in [-0.39, 0.29) is 6.10 Å². The number of anilines is 1. The molecule has 0 unspecified atom stereocenters. The molecule has 4 rings (SSSR count). The molecule has 2 N–H and O–H groups in total. The molecule has 0 bridgehead atoms. The first-order valence-corrected chi connectivity index (χ1v) is 10.8. The van der Waals surface area contributed by atoms with Gasteiger partial charge in [0, 0.05) is 49.8 Å². The summed E-state index contributed by atoms with van der Waals surface area (Å²) in [4.78, 5) is 15.3. The molecule has 0 amide bonds. The maximum atomic E-state index is 9.71. The van der Waals surface area contributed by atoms with Crippen molar-refractivity contribution in [1.29, 1.82) is 0 Å². The van der Waals surface area contributed by atoms with Gasteiger partial charge < -0.3 is 15.2 Å². The van der Waals surface area contributed by atoms with E-state index in [9.17, 15) is 5.11 Å². The highest BCUT2D eigenvalue weighted by Gasteiger charge is 2.20. The van der Waals surface area contributed by atoms with E-state index in [1.165, 1.54) is 0 Å². The van der Waals surface area contributed by atoms with E-state index in [1.807, 2.05) is 12.4 Å². The van der Waals surface area contributed by atoms with E-state index in [2.05, 4.69) is 37.0 Å². The lowest BCUT2D eigenvalue weighted by atomic mass is 9.93. The first-order chi connectivity index (χ1) is 14.7. The molecule has 30 heavy (non-hydrogen) atoms. The highest BCUT2D eigenvalue weighted by molar-refractivity contribution is 6.29. The van der Waals surface area contributed by atoms with Crippen molar-refractivity contribution in [3.8, 4) is 11.8 Å². The summed E-state index contributed by atoms with van der Waals surface area (Å²) in [5.74, 6) is 6.62. The summed E-state index contributed by atoms with van der Waals surface area (Å²) in [5.41, 5.74) is 2.68. The second kappa shape index (κ2) is 10.2. The maximum absolute atomic E-state index is 9.71. The largest absolute Gasteiger partial charge is 0.393 e. The summed E-state index contributed by atoms with van der Waals surface area (Å²) in [6, 6.07) is 2.09. The molecule has 2 aromatic rings. The van der Waals surface area contributed by atoms with Crippen molar-refractivity contribution in [1.82, 2.24) is 19.9 Å². The van der Waals surface area contributed by atoms with E-state index in [0.717, 1.165) is 75.3 Å². The molecule has 7 nitrogen and oxygen atoms in total. The Hall–Kier alpha value is -2.24. The molecule has 2 fully saturated rings. The second-order valence-electron chi connectivity index (χ2n) is 7.76. The summed E-state index contributed by atoms with van der Waals surface area (Å²) in [6.45, 7) is 4.23. The summed E-state index contributed by atoms with van der Waals surface area (Å²) in [5, 5.41) is 13.6. The fourth-order valence-electron chi connectivity index (χ4n) is 3.73. The molecule has 1 aliphatic heterocycles. The molecular weight excluding hydrogens is 402 g/mol. The Morgan fingerprint density at radius 2 is 1.80 bits per heavy atom. The van der Waals surface area contributed by atoms with Gasteiger partial charge in [0.1, 0.15) is 5.15 Å². The third-order valence-electron chi connectivity index (χ3n) is 5.45. The zero-order valence-electron chi connectivity index (χ0n) is 16.9. The predicted molar refractivity (Wildman–Crippen MR) is 115 cm³/mol. The van der Waals surface area contributed by atoms with Gasteiger partial charge >= 0.3 is 0 Å². The quantitative estimate of drug-likeness (QED) is 0.572. The lowest BCUT2D eigenvalue weighted by Crippen LogP contribution is -2.35. The van der Waals surface area contributed by atoms with E-state index >= 15 is 0 Å². The molecule has 2 aromatic heterocycles. The molecular formula is C22H26ClN5O2. The smallest absolute Gasteiger partial charge is 0.205 e. The van der Waals surface area contributed by atoms with Crippen LogP contribution in [0.15, 0.2) is 24.7 Å². The zero-order valence-corrected chi connectivity index (χ0v) is 17.6. The van der Waals surface area contributed by atoms with E-state index in [4.69, 9.17) is 16.3 Å². The van der Waals surface area contributed by atoms with Crippen molar-refractivity contribution in [3.63, 3.8) is 0 Å². The number of aliphatic hydroxyl groups excluding tert-OH is 1. The van der Waals surface area contributed by atoms with Crippen LogP contribution in [0, 0.1) is 11.8 Å². The number of nitrogens with one attached hydrogen (secondary N) is 1. The molecule has 1 saturated heterocycles. The number of rotatable bonds is 4. The first kappa shape index (κ1) is 21.0. The fourth-order valence-corrected chi connectivity index (χ4v) is 3.89. The average Bonchev–Trinajstić information content (AvgIpc) is 2.77. The van der Waals surface area contributed by atoms with Crippen LogP contribution in [0.3, 0.4) is 0 Å². The van der Waals surface area contributed by atoms with Crippen molar-refractivity contribution < 1.29 is 9.84 Å². The summed E-state index contributed by atoms with van der Waals surface area (Å²) < 4.78 is 5.38. The molecule has 2 aliphatic rings. The normalized spacial score (nSPS) is 22.2. The van der Waals surface area contributed by atoms with Crippen LogP contribution in [0.25, 0.3) is 0 Å². The number of hydrogen-bond acceptors (Lipinski definition) is 7. The molecule has 0 aromatic carbocycles. The number of nitrogens with zero attached hydrogens (tertiary/aromatic N) is 4. The lowest BCUT2D eigenvalue weighted by molar-refractivity contribution is 0.0341. The van der Waals surface area contributed by atoms with Gasteiger partial charge in [0.05, 0.1) is 30.6 Å². The number of aromatic nitrogens is 3. The number of morpholine rings is 1. The van der Waals surface area contributed by atoms with E-state index in [0.29, 0.717) is 17.0 Å². The SMILES string of the molecule is OC1CCC(Nc2cc(Cl)ncc2C#Cc2ncc(CN3CCOCC3)cn2)CC1. The van der Waals surface area contributed by atoms with Crippen molar-refractivity contribution in [2.75, 3.05) is 31.6 Å². The Morgan fingerprint density at radius 3 is 2.53 bits per heavy atom. The lowest BCUT2D eigenvalue weighted by Gasteiger charge is -2.27. The highest BCUT2D eigenvalue weighted by atomic mass is 35.5. The van der Waals surface area contributed by atoms with E-state index in [1.54, 1.807) is 12.3 Å². The van der Waals surface area contributed by atoms with Crippen LogP contribution >= 0.6 is 11.6 Å². The van der Waals surface area contributed by atoms with Crippen LogP contribution in [-0.2, 0) is 11.3 Å².